The third-order valence-electron chi connectivity index (χ3n) is 6.89. The van der Waals surface area contributed by atoms with E-state index in [2.05, 4.69) is 42.6 Å². The van der Waals surface area contributed by atoms with Crippen molar-refractivity contribution >= 4 is 11.6 Å². The molecule has 0 amide bonds. The van der Waals surface area contributed by atoms with Crippen molar-refractivity contribution in [3.63, 3.8) is 0 Å². The fraction of sp³-hybridized carbons (Fsp3) is 0.516. The number of unbranched alkanes of at least 4 members (excludes halogenated alkanes) is 2. The Hall–Kier alpha value is -2.66. The molecule has 2 aromatic carbocycles. The van der Waals surface area contributed by atoms with Crippen LogP contribution in [-0.4, -0.2) is 28.2 Å². The van der Waals surface area contributed by atoms with Crippen LogP contribution in [0.4, 0.5) is 0 Å². The lowest BCUT2D eigenvalue weighted by Gasteiger charge is -2.16. The molecule has 3 aromatic rings. The third kappa shape index (κ3) is 9.30. The van der Waals surface area contributed by atoms with Crippen LogP contribution in [0.2, 0.25) is 5.28 Å². The average Bonchev–Trinajstić information content (AvgIpc) is 2.93. The lowest BCUT2D eigenvalue weighted by atomic mass is 10.0. The van der Waals surface area contributed by atoms with Gasteiger partial charge < -0.3 is 9.47 Å². The molecule has 6 heteroatoms. The van der Waals surface area contributed by atoms with Gasteiger partial charge in [-0.05, 0) is 84.8 Å². The van der Waals surface area contributed by atoms with E-state index >= 15 is 0 Å². The summed E-state index contributed by atoms with van der Waals surface area (Å²) in [6.07, 6.45) is 9.63. The summed E-state index contributed by atoms with van der Waals surface area (Å²) in [5, 5.41) is 0.170. The van der Waals surface area contributed by atoms with E-state index in [0.29, 0.717) is 23.5 Å². The summed E-state index contributed by atoms with van der Waals surface area (Å²) in [5.41, 5.74) is 1.74. The molecule has 37 heavy (non-hydrogen) atoms. The van der Waals surface area contributed by atoms with Crippen LogP contribution in [0.3, 0.4) is 0 Å². The Morgan fingerprint density at radius 3 is 1.38 bits per heavy atom. The van der Waals surface area contributed by atoms with Crippen LogP contribution in [0.25, 0.3) is 22.8 Å². The Morgan fingerprint density at radius 2 is 1.03 bits per heavy atom. The lowest BCUT2D eigenvalue weighted by molar-refractivity contribution is 0.233. The quantitative estimate of drug-likeness (QED) is 0.187. The van der Waals surface area contributed by atoms with Crippen LogP contribution >= 0.6 is 11.6 Å². The first-order valence-electron chi connectivity index (χ1n) is 13.9. The first-order chi connectivity index (χ1) is 18.1. The minimum absolute atomic E-state index is 0.170. The number of hydrogen-bond donors (Lipinski definition) is 0. The maximum absolute atomic E-state index is 6.29. The summed E-state index contributed by atoms with van der Waals surface area (Å²) in [7, 11) is 0. The number of nitrogens with zero attached hydrogens (tertiary/aromatic N) is 3. The van der Waals surface area contributed by atoms with E-state index in [-0.39, 0.29) is 5.28 Å². The molecule has 0 saturated heterocycles. The fourth-order valence-corrected chi connectivity index (χ4v) is 4.39. The minimum atomic E-state index is 0.170. The van der Waals surface area contributed by atoms with Gasteiger partial charge in [-0.3, -0.25) is 0 Å². The van der Waals surface area contributed by atoms with Gasteiger partial charge in [-0.1, -0.05) is 66.2 Å². The van der Waals surface area contributed by atoms with Crippen LogP contribution in [0.15, 0.2) is 48.5 Å². The van der Waals surface area contributed by atoms with E-state index in [1.807, 2.05) is 48.5 Å². The molecular weight excluding hydrogens is 482 g/mol. The molecule has 0 radical (unpaired) electrons. The van der Waals surface area contributed by atoms with E-state index in [4.69, 9.17) is 21.1 Å². The Kier molecular flexibility index (Phi) is 12.2. The predicted molar refractivity (Wildman–Crippen MR) is 153 cm³/mol. The first kappa shape index (κ1) is 28.9. The monoisotopic (exact) mass is 523 g/mol. The van der Waals surface area contributed by atoms with E-state index in [1.165, 1.54) is 38.5 Å². The van der Waals surface area contributed by atoms with Crippen LogP contribution in [0.1, 0.15) is 79.1 Å². The molecule has 3 rings (SSSR count). The van der Waals surface area contributed by atoms with Crippen LogP contribution in [0, 0.1) is 11.8 Å². The van der Waals surface area contributed by atoms with Gasteiger partial charge in [0.2, 0.25) is 5.28 Å². The van der Waals surface area contributed by atoms with Crippen molar-refractivity contribution in [2.45, 2.75) is 79.1 Å². The van der Waals surface area contributed by atoms with Gasteiger partial charge in [0.15, 0.2) is 11.6 Å². The van der Waals surface area contributed by atoms with Gasteiger partial charge >= 0.3 is 0 Å². The number of ether oxygens (including phenoxy) is 2. The van der Waals surface area contributed by atoms with Crippen LogP contribution in [0.5, 0.6) is 11.5 Å². The molecule has 0 bridgehead atoms. The van der Waals surface area contributed by atoms with Gasteiger partial charge in [0.25, 0.3) is 0 Å². The molecule has 0 aliphatic rings. The molecule has 200 valence electrons. The standard InChI is InChI=1S/C31H42ClN3O2/c1-5-9-11-23(7-3)21-36-27-17-13-25(14-18-27)29-33-30(35-31(32)34-29)26-15-19-28(20-16-26)37-22-24(8-4)12-10-6-2/h13-20,23-24H,5-12,21-22H2,1-4H3. The second kappa shape index (κ2) is 15.6. The Morgan fingerprint density at radius 1 is 0.622 bits per heavy atom. The molecule has 2 atom stereocenters. The average molecular weight is 524 g/mol. The first-order valence-corrected chi connectivity index (χ1v) is 14.3. The van der Waals surface area contributed by atoms with E-state index in [9.17, 15) is 0 Å². The highest BCUT2D eigenvalue weighted by Crippen LogP contribution is 2.26. The maximum Gasteiger partial charge on any atom is 0.226 e. The number of halogens is 1. The van der Waals surface area contributed by atoms with Gasteiger partial charge in [-0.15, -0.1) is 0 Å². The summed E-state index contributed by atoms with van der Waals surface area (Å²) in [5.74, 6) is 3.98. The van der Waals surface area contributed by atoms with Crippen molar-refractivity contribution in [2.75, 3.05) is 13.2 Å². The Labute approximate surface area is 228 Å². The predicted octanol–water partition coefficient (Wildman–Crippen LogP) is 9.05. The number of hydrogen-bond acceptors (Lipinski definition) is 5. The topological polar surface area (TPSA) is 57.1 Å². The second-order valence-electron chi connectivity index (χ2n) is 9.76. The molecule has 0 fully saturated rings. The normalized spacial score (nSPS) is 12.8. The Bertz CT molecular complexity index is 975. The van der Waals surface area contributed by atoms with Gasteiger partial charge in [0.1, 0.15) is 11.5 Å². The molecular formula is C31H42ClN3O2. The molecule has 1 aromatic heterocycles. The number of aromatic nitrogens is 3. The zero-order chi connectivity index (χ0) is 26.5. The van der Waals surface area contributed by atoms with Crippen LogP contribution < -0.4 is 9.47 Å². The van der Waals surface area contributed by atoms with E-state index in [0.717, 1.165) is 48.7 Å². The molecule has 1 heterocycles. The highest BCUT2D eigenvalue weighted by Gasteiger charge is 2.12. The van der Waals surface area contributed by atoms with Gasteiger partial charge in [0, 0.05) is 11.1 Å². The van der Waals surface area contributed by atoms with E-state index < -0.39 is 0 Å². The summed E-state index contributed by atoms with van der Waals surface area (Å²) in [6.45, 7) is 10.4. The molecule has 0 spiro atoms. The zero-order valence-corrected chi connectivity index (χ0v) is 23.6. The largest absolute Gasteiger partial charge is 0.493 e. The zero-order valence-electron chi connectivity index (χ0n) is 22.9. The van der Waals surface area contributed by atoms with Crippen molar-refractivity contribution in [3.05, 3.63) is 53.8 Å². The van der Waals surface area contributed by atoms with Gasteiger partial charge in [0.05, 0.1) is 13.2 Å². The number of rotatable bonds is 16. The van der Waals surface area contributed by atoms with Crippen molar-refractivity contribution in [1.29, 1.82) is 0 Å². The fourth-order valence-electron chi connectivity index (χ4n) is 4.23. The van der Waals surface area contributed by atoms with Crippen molar-refractivity contribution in [2.24, 2.45) is 11.8 Å². The third-order valence-corrected chi connectivity index (χ3v) is 7.06. The minimum Gasteiger partial charge on any atom is -0.493 e. The highest BCUT2D eigenvalue weighted by atomic mass is 35.5. The van der Waals surface area contributed by atoms with Gasteiger partial charge in [-0.25, -0.2) is 4.98 Å². The summed E-state index contributed by atoms with van der Waals surface area (Å²) < 4.78 is 12.1. The molecule has 0 aliphatic carbocycles. The maximum atomic E-state index is 6.29. The smallest absolute Gasteiger partial charge is 0.226 e. The van der Waals surface area contributed by atoms with Crippen LogP contribution in [-0.2, 0) is 0 Å². The molecule has 5 nitrogen and oxygen atoms in total. The molecule has 2 unspecified atom stereocenters. The second-order valence-corrected chi connectivity index (χ2v) is 10.1. The lowest BCUT2D eigenvalue weighted by Crippen LogP contribution is -2.11. The Balaban J connectivity index is 1.65. The molecule has 0 saturated carbocycles. The molecule has 0 aliphatic heterocycles. The SMILES string of the molecule is CCCCC(CC)COc1ccc(-c2nc(Cl)nc(-c3ccc(OCC(CC)CCCC)cc3)n2)cc1. The summed E-state index contributed by atoms with van der Waals surface area (Å²) in [6, 6.07) is 15.7. The number of benzene rings is 2. The van der Waals surface area contributed by atoms with Crippen molar-refractivity contribution in [1.82, 2.24) is 15.0 Å². The molecule has 0 N–H and O–H groups in total. The van der Waals surface area contributed by atoms with E-state index in [1.54, 1.807) is 0 Å². The summed E-state index contributed by atoms with van der Waals surface area (Å²) >= 11 is 6.29. The van der Waals surface area contributed by atoms with Crippen molar-refractivity contribution in [3.8, 4) is 34.3 Å². The van der Waals surface area contributed by atoms with Crippen molar-refractivity contribution < 1.29 is 9.47 Å². The highest BCUT2D eigenvalue weighted by molar-refractivity contribution is 6.28. The van der Waals surface area contributed by atoms with Gasteiger partial charge in [-0.2, -0.15) is 9.97 Å². The summed E-state index contributed by atoms with van der Waals surface area (Å²) in [4.78, 5) is 13.4.